The molecule has 2 rings (SSSR count). The molecule has 0 aromatic rings. The van der Waals surface area contributed by atoms with Gasteiger partial charge in [0.05, 0.1) is 5.92 Å². The normalized spacial score (nSPS) is 40.4. The van der Waals surface area contributed by atoms with Crippen molar-refractivity contribution < 1.29 is 9.90 Å². The first-order valence-corrected chi connectivity index (χ1v) is 6.58. The minimum absolute atomic E-state index is 0.138. The van der Waals surface area contributed by atoms with Crippen molar-refractivity contribution in [1.29, 1.82) is 0 Å². The van der Waals surface area contributed by atoms with Crippen LogP contribution in [0.1, 0.15) is 39.5 Å². The summed E-state index contributed by atoms with van der Waals surface area (Å²) in [5.74, 6) is 0.447. The molecule has 1 N–H and O–H groups in total. The summed E-state index contributed by atoms with van der Waals surface area (Å²) in [6.45, 7) is 6.10. The summed E-state index contributed by atoms with van der Waals surface area (Å²) in [7, 11) is 0. The molecule has 3 nitrogen and oxygen atoms in total. The Balaban J connectivity index is 1.91. The van der Waals surface area contributed by atoms with E-state index in [4.69, 9.17) is 5.11 Å². The molecular weight excluding hydrogens is 202 g/mol. The summed E-state index contributed by atoms with van der Waals surface area (Å²) < 4.78 is 0. The van der Waals surface area contributed by atoms with E-state index in [0.717, 1.165) is 19.0 Å². The first kappa shape index (κ1) is 11.9. The standard InChI is InChI=1S/C13H23NO2/c1-3-10-4-5-11(6-10)14-7-9(2)12(8-14)13(15)16/h9-12H,3-8H2,1-2H3,(H,15,16)/t9-,10?,11?,12-/m1/s1. The predicted molar refractivity (Wildman–Crippen MR) is 63.3 cm³/mol. The lowest BCUT2D eigenvalue weighted by molar-refractivity contribution is -0.142. The summed E-state index contributed by atoms with van der Waals surface area (Å²) in [6.07, 6.45) is 5.18. The van der Waals surface area contributed by atoms with Crippen LogP contribution in [0.15, 0.2) is 0 Å². The molecule has 0 spiro atoms. The van der Waals surface area contributed by atoms with Crippen LogP contribution in [0.4, 0.5) is 0 Å². The highest BCUT2D eigenvalue weighted by molar-refractivity contribution is 5.71. The zero-order valence-electron chi connectivity index (χ0n) is 10.4. The van der Waals surface area contributed by atoms with Gasteiger partial charge in [-0.25, -0.2) is 0 Å². The lowest BCUT2D eigenvalue weighted by Crippen LogP contribution is -2.32. The van der Waals surface area contributed by atoms with Crippen LogP contribution in [0.2, 0.25) is 0 Å². The van der Waals surface area contributed by atoms with Gasteiger partial charge in [-0.2, -0.15) is 0 Å². The van der Waals surface area contributed by atoms with Gasteiger partial charge >= 0.3 is 5.97 Å². The van der Waals surface area contributed by atoms with Gasteiger partial charge in [0, 0.05) is 19.1 Å². The van der Waals surface area contributed by atoms with E-state index in [-0.39, 0.29) is 5.92 Å². The molecule has 0 amide bonds. The number of carbonyl (C=O) groups is 1. The smallest absolute Gasteiger partial charge is 0.308 e. The van der Waals surface area contributed by atoms with Crippen molar-refractivity contribution in [1.82, 2.24) is 4.90 Å². The van der Waals surface area contributed by atoms with Gasteiger partial charge in [-0.3, -0.25) is 9.69 Å². The molecule has 92 valence electrons. The number of carboxylic acid groups (broad SMARTS) is 1. The van der Waals surface area contributed by atoms with Crippen LogP contribution >= 0.6 is 0 Å². The summed E-state index contributed by atoms with van der Waals surface area (Å²) >= 11 is 0. The Morgan fingerprint density at radius 3 is 2.62 bits per heavy atom. The molecule has 1 saturated carbocycles. The maximum absolute atomic E-state index is 11.1. The Labute approximate surface area is 97.8 Å². The number of likely N-dealkylation sites (tertiary alicyclic amines) is 1. The average Bonchev–Trinajstić information content (AvgIpc) is 2.83. The molecule has 16 heavy (non-hydrogen) atoms. The highest BCUT2D eigenvalue weighted by atomic mass is 16.4. The molecule has 0 aromatic heterocycles. The second-order valence-electron chi connectivity index (χ2n) is 5.62. The number of hydrogen-bond acceptors (Lipinski definition) is 2. The van der Waals surface area contributed by atoms with Gasteiger partial charge in [-0.05, 0) is 31.1 Å². The topological polar surface area (TPSA) is 40.5 Å². The summed E-state index contributed by atoms with van der Waals surface area (Å²) in [5, 5.41) is 9.12. The molecule has 1 aliphatic heterocycles. The third-order valence-electron chi connectivity index (χ3n) is 4.57. The average molecular weight is 225 g/mol. The Morgan fingerprint density at radius 1 is 1.38 bits per heavy atom. The highest BCUT2D eigenvalue weighted by Gasteiger charge is 2.39. The third kappa shape index (κ3) is 2.24. The first-order chi connectivity index (χ1) is 7.61. The van der Waals surface area contributed by atoms with E-state index in [9.17, 15) is 4.79 Å². The molecule has 3 heteroatoms. The Hall–Kier alpha value is -0.570. The molecular formula is C13H23NO2. The molecule has 0 radical (unpaired) electrons. The fourth-order valence-corrected chi connectivity index (χ4v) is 3.37. The van der Waals surface area contributed by atoms with Crippen molar-refractivity contribution in [3.63, 3.8) is 0 Å². The highest BCUT2D eigenvalue weighted by Crippen LogP contribution is 2.35. The monoisotopic (exact) mass is 225 g/mol. The van der Waals surface area contributed by atoms with E-state index < -0.39 is 5.97 Å². The fourth-order valence-electron chi connectivity index (χ4n) is 3.37. The van der Waals surface area contributed by atoms with Gasteiger partial charge in [0.1, 0.15) is 0 Å². The summed E-state index contributed by atoms with van der Waals surface area (Å²) in [5.41, 5.74) is 0. The van der Waals surface area contributed by atoms with Gasteiger partial charge in [-0.1, -0.05) is 20.3 Å². The van der Waals surface area contributed by atoms with E-state index in [1.54, 1.807) is 0 Å². The van der Waals surface area contributed by atoms with E-state index in [0.29, 0.717) is 12.0 Å². The number of carboxylic acids is 1. The van der Waals surface area contributed by atoms with Crippen molar-refractivity contribution in [2.24, 2.45) is 17.8 Å². The number of rotatable bonds is 3. The van der Waals surface area contributed by atoms with Gasteiger partial charge < -0.3 is 5.11 Å². The number of hydrogen-bond donors (Lipinski definition) is 1. The summed E-state index contributed by atoms with van der Waals surface area (Å²) in [6, 6.07) is 0.664. The first-order valence-electron chi connectivity index (χ1n) is 6.58. The van der Waals surface area contributed by atoms with E-state index in [1.807, 2.05) is 0 Å². The Bertz CT molecular complexity index is 267. The lowest BCUT2D eigenvalue weighted by atomic mass is 9.99. The van der Waals surface area contributed by atoms with E-state index >= 15 is 0 Å². The van der Waals surface area contributed by atoms with Crippen LogP contribution in [0, 0.1) is 17.8 Å². The van der Waals surface area contributed by atoms with Gasteiger partial charge in [0.15, 0.2) is 0 Å². The molecule has 0 aromatic carbocycles. The third-order valence-corrected chi connectivity index (χ3v) is 4.57. The van der Waals surface area contributed by atoms with Crippen molar-refractivity contribution >= 4 is 5.97 Å². The van der Waals surface area contributed by atoms with Crippen LogP contribution in [-0.2, 0) is 4.79 Å². The van der Waals surface area contributed by atoms with E-state index in [2.05, 4.69) is 18.7 Å². The maximum Gasteiger partial charge on any atom is 0.308 e. The minimum Gasteiger partial charge on any atom is -0.481 e. The lowest BCUT2D eigenvalue weighted by Gasteiger charge is -2.23. The molecule has 4 atom stereocenters. The quantitative estimate of drug-likeness (QED) is 0.800. The van der Waals surface area contributed by atoms with Gasteiger partial charge in [0.2, 0.25) is 0 Å². The fraction of sp³-hybridized carbons (Fsp3) is 0.923. The number of nitrogens with zero attached hydrogens (tertiary/aromatic N) is 1. The van der Waals surface area contributed by atoms with Crippen LogP contribution < -0.4 is 0 Å². The van der Waals surface area contributed by atoms with Crippen LogP contribution in [-0.4, -0.2) is 35.1 Å². The zero-order valence-corrected chi connectivity index (χ0v) is 10.4. The zero-order chi connectivity index (χ0) is 11.7. The van der Waals surface area contributed by atoms with Crippen LogP contribution in [0.5, 0.6) is 0 Å². The number of aliphatic carboxylic acids is 1. The molecule has 1 aliphatic carbocycles. The van der Waals surface area contributed by atoms with Crippen LogP contribution in [0.25, 0.3) is 0 Å². The van der Waals surface area contributed by atoms with Crippen molar-refractivity contribution in [2.75, 3.05) is 13.1 Å². The molecule has 2 aliphatic rings. The Morgan fingerprint density at radius 2 is 2.12 bits per heavy atom. The molecule has 2 fully saturated rings. The molecule has 2 unspecified atom stereocenters. The van der Waals surface area contributed by atoms with Crippen molar-refractivity contribution in [3.8, 4) is 0 Å². The largest absolute Gasteiger partial charge is 0.481 e. The maximum atomic E-state index is 11.1. The van der Waals surface area contributed by atoms with Crippen LogP contribution in [0.3, 0.4) is 0 Å². The second-order valence-corrected chi connectivity index (χ2v) is 5.62. The minimum atomic E-state index is -0.611. The predicted octanol–water partition coefficient (Wildman–Crippen LogP) is 2.22. The summed E-state index contributed by atoms with van der Waals surface area (Å²) in [4.78, 5) is 13.5. The Kier molecular flexibility index (Phi) is 3.53. The SMILES string of the molecule is CCC1CCC(N2C[C@@H](C)[C@H](C(=O)O)C2)C1. The van der Waals surface area contributed by atoms with Crippen molar-refractivity contribution in [2.45, 2.75) is 45.6 Å². The van der Waals surface area contributed by atoms with Crippen molar-refractivity contribution in [3.05, 3.63) is 0 Å². The molecule has 1 heterocycles. The van der Waals surface area contributed by atoms with Gasteiger partial charge in [0.25, 0.3) is 0 Å². The molecule has 0 bridgehead atoms. The van der Waals surface area contributed by atoms with E-state index in [1.165, 1.54) is 25.7 Å². The van der Waals surface area contributed by atoms with Gasteiger partial charge in [-0.15, -0.1) is 0 Å². The molecule has 1 saturated heterocycles. The second kappa shape index (κ2) is 4.74.